The zero-order valence-electron chi connectivity index (χ0n) is 16.1. The number of nitrogens with one attached hydrogen (secondary N) is 1. The monoisotopic (exact) mass is 378 g/mol. The Morgan fingerprint density at radius 1 is 1.26 bits per heavy atom. The van der Waals surface area contributed by atoms with E-state index in [2.05, 4.69) is 10.3 Å². The van der Waals surface area contributed by atoms with Gasteiger partial charge in [-0.3, -0.25) is 0 Å². The predicted molar refractivity (Wildman–Crippen MR) is 104 cm³/mol. The summed E-state index contributed by atoms with van der Waals surface area (Å²) in [4.78, 5) is 17.8. The van der Waals surface area contributed by atoms with Gasteiger partial charge in [-0.15, -0.1) is 0 Å². The van der Waals surface area contributed by atoms with E-state index in [4.69, 9.17) is 19.9 Å². The maximum atomic E-state index is 11.7. The summed E-state index contributed by atoms with van der Waals surface area (Å²) in [6.45, 7) is 5.12. The minimum Gasteiger partial charge on any atom is -0.491 e. The molecule has 0 aromatic heterocycles. The van der Waals surface area contributed by atoms with Gasteiger partial charge in [-0.05, 0) is 37.5 Å². The molecule has 1 aromatic carbocycles. The van der Waals surface area contributed by atoms with Crippen LogP contribution in [0.3, 0.4) is 0 Å². The fourth-order valence-corrected chi connectivity index (χ4v) is 2.79. The number of rotatable bonds is 8. The Balaban J connectivity index is 1.72. The number of carbonyl (C=O) groups excluding carboxylic acids is 1. The highest BCUT2D eigenvalue weighted by molar-refractivity contribution is 5.78. The van der Waals surface area contributed by atoms with E-state index in [1.807, 2.05) is 31.2 Å². The van der Waals surface area contributed by atoms with Gasteiger partial charge in [0.05, 0.1) is 19.8 Å². The summed E-state index contributed by atoms with van der Waals surface area (Å²) in [5, 5.41) is 3.24. The second-order valence-corrected chi connectivity index (χ2v) is 6.29. The number of carbonyl (C=O) groups is 1. The maximum absolute atomic E-state index is 11.7. The minimum atomic E-state index is -0.243. The van der Waals surface area contributed by atoms with Crippen molar-refractivity contribution < 1.29 is 19.0 Å². The lowest BCUT2D eigenvalue weighted by atomic mass is 10.1. The molecule has 1 fully saturated rings. The number of nitrogens with zero attached hydrogens (tertiary/aromatic N) is 2. The number of methoxy groups -OCH3 is 1. The molecule has 2 rings (SSSR count). The second kappa shape index (κ2) is 11.3. The van der Waals surface area contributed by atoms with Gasteiger partial charge >= 0.3 is 6.09 Å². The third-order valence-corrected chi connectivity index (χ3v) is 4.28. The van der Waals surface area contributed by atoms with Gasteiger partial charge in [0.25, 0.3) is 0 Å². The van der Waals surface area contributed by atoms with Gasteiger partial charge in [0.2, 0.25) is 0 Å². The van der Waals surface area contributed by atoms with Crippen LogP contribution < -0.4 is 15.8 Å². The van der Waals surface area contributed by atoms with Crippen LogP contribution >= 0.6 is 0 Å². The van der Waals surface area contributed by atoms with Crippen molar-refractivity contribution in [1.29, 1.82) is 0 Å². The van der Waals surface area contributed by atoms with Crippen LogP contribution in [0, 0.1) is 0 Å². The zero-order valence-corrected chi connectivity index (χ0v) is 16.1. The van der Waals surface area contributed by atoms with E-state index in [-0.39, 0.29) is 12.1 Å². The molecule has 1 aliphatic rings. The number of piperidine rings is 1. The Morgan fingerprint density at radius 3 is 2.59 bits per heavy atom. The van der Waals surface area contributed by atoms with Gasteiger partial charge in [0, 0.05) is 26.2 Å². The van der Waals surface area contributed by atoms with E-state index in [9.17, 15) is 4.79 Å². The Labute approximate surface area is 160 Å². The van der Waals surface area contributed by atoms with Crippen molar-refractivity contribution in [3.05, 3.63) is 29.8 Å². The summed E-state index contributed by atoms with van der Waals surface area (Å²) in [6.07, 6.45) is 1.40. The number of benzene rings is 1. The first kappa shape index (κ1) is 20.8. The second-order valence-electron chi connectivity index (χ2n) is 6.29. The smallest absolute Gasteiger partial charge is 0.409 e. The van der Waals surface area contributed by atoms with E-state index in [0.29, 0.717) is 45.4 Å². The summed E-state index contributed by atoms with van der Waals surface area (Å²) in [6, 6.07) is 7.98. The zero-order chi connectivity index (χ0) is 19.5. The van der Waals surface area contributed by atoms with Crippen molar-refractivity contribution in [3.8, 4) is 5.75 Å². The van der Waals surface area contributed by atoms with Crippen molar-refractivity contribution >= 4 is 12.1 Å². The molecule has 8 nitrogen and oxygen atoms in total. The van der Waals surface area contributed by atoms with Crippen molar-refractivity contribution in [3.63, 3.8) is 0 Å². The van der Waals surface area contributed by atoms with Crippen LogP contribution in [-0.4, -0.2) is 63.0 Å². The lowest BCUT2D eigenvalue weighted by Crippen LogP contribution is -2.48. The number of nitrogens with two attached hydrogens (primary N) is 1. The molecule has 27 heavy (non-hydrogen) atoms. The molecule has 3 N–H and O–H groups in total. The highest BCUT2D eigenvalue weighted by atomic mass is 16.6. The number of hydrogen-bond acceptors (Lipinski definition) is 5. The molecule has 0 aliphatic carbocycles. The average Bonchev–Trinajstić information content (AvgIpc) is 2.68. The number of hydrogen-bond donors (Lipinski definition) is 2. The first-order valence-corrected chi connectivity index (χ1v) is 9.31. The number of aliphatic imine (C=N–C) groups is 1. The molecule has 0 radical (unpaired) electrons. The quantitative estimate of drug-likeness (QED) is 0.406. The molecule has 150 valence electrons. The molecule has 0 saturated carbocycles. The molecule has 0 bridgehead atoms. The minimum absolute atomic E-state index is 0.219. The topological polar surface area (TPSA) is 98.4 Å². The summed E-state index contributed by atoms with van der Waals surface area (Å²) in [5.41, 5.74) is 7.05. The van der Waals surface area contributed by atoms with Gasteiger partial charge in [-0.1, -0.05) is 12.1 Å². The van der Waals surface area contributed by atoms with E-state index >= 15 is 0 Å². The Bertz CT molecular complexity index is 598. The van der Waals surface area contributed by atoms with Crippen LogP contribution in [-0.2, 0) is 16.0 Å². The molecular weight excluding hydrogens is 348 g/mol. The lowest BCUT2D eigenvalue weighted by molar-refractivity contribution is 0.0963. The summed E-state index contributed by atoms with van der Waals surface area (Å²) in [5.74, 6) is 1.23. The standard InChI is InChI=1S/C19H30N4O4/c1-3-26-19(24)23-10-8-16(9-11-23)22-18(20)21-14-15-4-6-17(7-5-15)27-13-12-25-2/h4-7,16H,3,8-14H2,1-2H3,(H3,20,21,22). The number of ether oxygens (including phenoxy) is 3. The molecular formula is C19H30N4O4. The van der Waals surface area contributed by atoms with Crippen molar-refractivity contribution in [1.82, 2.24) is 10.2 Å². The molecule has 0 unspecified atom stereocenters. The Kier molecular flexibility index (Phi) is 8.70. The Morgan fingerprint density at radius 2 is 1.96 bits per heavy atom. The molecule has 1 aliphatic heterocycles. The normalized spacial score (nSPS) is 15.5. The third kappa shape index (κ3) is 7.34. The summed E-state index contributed by atoms with van der Waals surface area (Å²) < 4.78 is 15.5. The molecule has 1 amide bonds. The number of likely N-dealkylation sites (tertiary alicyclic amines) is 1. The highest BCUT2D eigenvalue weighted by Gasteiger charge is 2.23. The van der Waals surface area contributed by atoms with Crippen molar-refractivity contribution in [2.75, 3.05) is 40.0 Å². The van der Waals surface area contributed by atoms with Crippen LogP contribution in [0.2, 0.25) is 0 Å². The summed E-state index contributed by atoms with van der Waals surface area (Å²) >= 11 is 0. The number of guanidine groups is 1. The molecule has 1 aromatic rings. The van der Waals surface area contributed by atoms with Crippen LogP contribution in [0.4, 0.5) is 4.79 Å². The maximum Gasteiger partial charge on any atom is 0.409 e. The van der Waals surface area contributed by atoms with E-state index < -0.39 is 0 Å². The first-order chi connectivity index (χ1) is 13.1. The summed E-state index contributed by atoms with van der Waals surface area (Å²) in [7, 11) is 1.65. The van der Waals surface area contributed by atoms with E-state index in [1.54, 1.807) is 12.0 Å². The van der Waals surface area contributed by atoms with Gasteiger partial charge in [-0.2, -0.15) is 0 Å². The average molecular weight is 378 g/mol. The van der Waals surface area contributed by atoms with Crippen LogP contribution in [0.5, 0.6) is 5.75 Å². The molecule has 8 heteroatoms. The van der Waals surface area contributed by atoms with Crippen LogP contribution in [0.15, 0.2) is 29.3 Å². The first-order valence-electron chi connectivity index (χ1n) is 9.31. The van der Waals surface area contributed by atoms with Gasteiger partial charge in [0.15, 0.2) is 5.96 Å². The fraction of sp³-hybridized carbons (Fsp3) is 0.579. The Hall–Kier alpha value is -2.48. The van der Waals surface area contributed by atoms with Crippen molar-refractivity contribution in [2.24, 2.45) is 10.7 Å². The number of amides is 1. The highest BCUT2D eigenvalue weighted by Crippen LogP contribution is 2.13. The van der Waals surface area contributed by atoms with Crippen LogP contribution in [0.1, 0.15) is 25.3 Å². The largest absolute Gasteiger partial charge is 0.491 e. The molecule has 0 atom stereocenters. The third-order valence-electron chi connectivity index (χ3n) is 4.28. The van der Waals surface area contributed by atoms with Gasteiger partial charge in [-0.25, -0.2) is 9.79 Å². The van der Waals surface area contributed by atoms with Gasteiger partial charge < -0.3 is 30.2 Å². The molecule has 0 spiro atoms. The van der Waals surface area contributed by atoms with Crippen LogP contribution in [0.25, 0.3) is 0 Å². The van der Waals surface area contributed by atoms with Crippen molar-refractivity contribution in [2.45, 2.75) is 32.4 Å². The van der Waals surface area contributed by atoms with E-state index in [1.165, 1.54) is 0 Å². The molecule has 1 heterocycles. The predicted octanol–water partition coefficient (Wildman–Crippen LogP) is 1.74. The molecule has 1 saturated heterocycles. The fourth-order valence-electron chi connectivity index (χ4n) is 2.79. The SMILES string of the molecule is CCOC(=O)N1CCC(NC(N)=NCc2ccc(OCCOC)cc2)CC1. The van der Waals surface area contributed by atoms with Gasteiger partial charge in [0.1, 0.15) is 12.4 Å². The van der Waals surface area contributed by atoms with E-state index in [0.717, 1.165) is 24.2 Å². The lowest BCUT2D eigenvalue weighted by Gasteiger charge is -2.31.